The first-order valence-corrected chi connectivity index (χ1v) is 5.66. The zero-order valence-electron chi connectivity index (χ0n) is 8.44. The summed E-state index contributed by atoms with van der Waals surface area (Å²) in [6.45, 7) is 3.87. The van der Waals surface area contributed by atoms with Crippen molar-refractivity contribution in [1.82, 2.24) is 4.98 Å². The van der Waals surface area contributed by atoms with E-state index in [4.69, 9.17) is 10.8 Å². The molecule has 0 fully saturated rings. The lowest BCUT2D eigenvalue weighted by molar-refractivity contribution is 0.301. The molecule has 1 aromatic heterocycles. The van der Waals surface area contributed by atoms with Crippen molar-refractivity contribution in [2.75, 3.05) is 30.3 Å². The normalized spacial score (nSPS) is 10.4. The Kier molecular flexibility index (Phi) is 4.69. The van der Waals surface area contributed by atoms with Crippen molar-refractivity contribution < 1.29 is 5.11 Å². The average molecular weight is 215 g/mol. The number of unbranched alkanes of at least 4 members (excludes halogenated alkanes) is 1. The van der Waals surface area contributed by atoms with E-state index in [0.717, 1.165) is 29.5 Å². The maximum Gasteiger partial charge on any atom is 0.187 e. The largest absolute Gasteiger partial charge is 0.395 e. The SMILES string of the molecule is CCCCN(CCO)c1ncc(N)s1. The number of rotatable bonds is 6. The lowest BCUT2D eigenvalue weighted by Gasteiger charge is -2.19. The summed E-state index contributed by atoms with van der Waals surface area (Å²) in [7, 11) is 0. The van der Waals surface area contributed by atoms with Gasteiger partial charge in [-0.05, 0) is 6.42 Å². The van der Waals surface area contributed by atoms with Crippen LogP contribution in [0.1, 0.15) is 19.8 Å². The van der Waals surface area contributed by atoms with Gasteiger partial charge in [-0.25, -0.2) is 4.98 Å². The Balaban J connectivity index is 2.57. The van der Waals surface area contributed by atoms with Crippen LogP contribution in [0.4, 0.5) is 10.1 Å². The Morgan fingerprint density at radius 1 is 1.57 bits per heavy atom. The monoisotopic (exact) mass is 215 g/mol. The van der Waals surface area contributed by atoms with Crippen molar-refractivity contribution in [3.05, 3.63) is 6.20 Å². The molecular weight excluding hydrogens is 198 g/mol. The molecule has 0 aliphatic heterocycles. The first-order chi connectivity index (χ1) is 6.77. The Morgan fingerprint density at radius 3 is 2.86 bits per heavy atom. The number of anilines is 2. The molecule has 0 spiro atoms. The van der Waals surface area contributed by atoms with Gasteiger partial charge >= 0.3 is 0 Å². The van der Waals surface area contributed by atoms with Crippen LogP contribution in [0.2, 0.25) is 0 Å². The fraction of sp³-hybridized carbons (Fsp3) is 0.667. The minimum atomic E-state index is 0.156. The Bertz CT molecular complexity index is 264. The van der Waals surface area contributed by atoms with Gasteiger partial charge in [-0.2, -0.15) is 0 Å². The molecule has 0 saturated heterocycles. The lowest BCUT2D eigenvalue weighted by atomic mass is 10.3. The van der Waals surface area contributed by atoms with Crippen LogP contribution >= 0.6 is 11.3 Å². The molecule has 1 heterocycles. The average Bonchev–Trinajstić information content (AvgIpc) is 2.59. The third-order valence-corrected chi connectivity index (χ3v) is 2.82. The van der Waals surface area contributed by atoms with Crippen LogP contribution in [0.5, 0.6) is 0 Å². The fourth-order valence-electron chi connectivity index (χ4n) is 1.20. The molecule has 4 nitrogen and oxygen atoms in total. The molecule has 0 atom stereocenters. The summed E-state index contributed by atoms with van der Waals surface area (Å²) in [4.78, 5) is 6.27. The number of aliphatic hydroxyl groups excluding tert-OH is 1. The third kappa shape index (κ3) is 3.16. The summed E-state index contributed by atoms with van der Waals surface area (Å²) in [5.74, 6) is 0. The molecule has 0 aliphatic carbocycles. The maximum absolute atomic E-state index is 8.91. The minimum absolute atomic E-state index is 0.156. The number of nitrogen functional groups attached to an aromatic ring is 1. The number of nitrogens with zero attached hydrogens (tertiary/aromatic N) is 2. The highest BCUT2D eigenvalue weighted by atomic mass is 32.1. The molecule has 0 radical (unpaired) electrons. The molecule has 1 rings (SSSR count). The number of hydrogen-bond acceptors (Lipinski definition) is 5. The molecule has 3 N–H and O–H groups in total. The number of nitrogens with two attached hydrogens (primary N) is 1. The van der Waals surface area contributed by atoms with Gasteiger partial charge in [-0.15, -0.1) is 0 Å². The van der Waals surface area contributed by atoms with E-state index in [1.54, 1.807) is 6.20 Å². The van der Waals surface area contributed by atoms with Crippen molar-refractivity contribution in [1.29, 1.82) is 0 Å². The lowest BCUT2D eigenvalue weighted by Crippen LogP contribution is -2.27. The zero-order valence-corrected chi connectivity index (χ0v) is 9.26. The maximum atomic E-state index is 8.91. The van der Waals surface area contributed by atoms with E-state index in [1.165, 1.54) is 11.3 Å². The topological polar surface area (TPSA) is 62.4 Å². The van der Waals surface area contributed by atoms with E-state index in [0.29, 0.717) is 6.54 Å². The molecule has 5 heteroatoms. The fourth-order valence-corrected chi connectivity index (χ4v) is 1.93. The summed E-state index contributed by atoms with van der Waals surface area (Å²) in [5.41, 5.74) is 5.61. The van der Waals surface area contributed by atoms with E-state index >= 15 is 0 Å². The van der Waals surface area contributed by atoms with E-state index in [1.807, 2.05) is 0 Å². The standard InChI is InChI=1S/C9H17N3OS/c1-2-3-4-12(5-6-13)9-11-7-8(10)14-9/h7,13H,2-6,10H2,1H3. The second kappa shape index (κ2) is 5.82. The summed E-state index contributed by atoms with van der Waals surface area (Å²) < 4.78 is 0. The first-order valence-electron chi connectivity index (χ1n) is 4.85. The molecule has 0 aliphatic rings. The van der Waals surface area contributed by atoms with Crippen LogP contribution in [-0.2, 0) is 0 Å². The van der Waals surface area contributed by atoms with E-state index in [9.17, 15) is 0 Å². The molecule has 0 amide bonds. The van der Waals surface area contributed by atoms with Crippen molar-refractivity contribution in [2.45, 2.75) is 19.8 Å². The molecule has 14 heavy (non-hydrogen) atoms. The van der Waals surface area contributed by atoms with Crippen LogP contribution in [0.3, 0.4) is 0 Å². The second-order valence-corrected chi connectivity index (χ2v) is 4.15. The molecule has 0 bridgehead atoms. The van der Waals surface area contributed by atoms with Crippen molar-refractivity contribution in [3.8, 4) is 0 Å². The Hall–Kier alpha value is -0.810. The third-order valence-electron chi connectivity index (χ3n) is 1.93. The quantitative estimate of drug-likeness (QED) is 0.751. The summed E-state index contributed by atoms with van der Waals surface area (Å²) >= 11 is 1.47. The van der Waals surface area contributed by atoms with Crippen molar-refractivity contribution in [2.24, 2.45) is 0 Å². The smallest absolute Gasteiger partial charge is 0.187 e. The van der Waals surface area contributed by atoms with Gasteiger partial charge in [0.05, 0.1) is 12.8 Å². The molecule has 0 aromatic carbocycles. The van der Waals surface area contributed by atoms with Crippen LogP contribution in [0.15, 0.2) is 6.20 Å². The predicted octanol–water partition coefficient (Wildman–Crippen LogP) is 1.32. The number of aromatic nitrogens is 1. The molecule has 0 saturated carbocycles. The number of aliphatic hydroxyl groups is 1. The van der Waals surface area contributed by atoms with Crippen LogP contribution in [0.25, 0.3) is 0 Å². The van der Waals surface area contributed by atoms with Gasteiger partial charge in [-0.3, -0.25) is 0 Å². The summed E-state index contributed by atoms with van der Waals surface area (Å²) in [6.07, 6.45) is 3.92. The van der Waals surface area contributed by atoms with Crippen LogP contribution in [0, 0.1) is 0 Å². The Morgan fingerprint density at radius 2 is 2.36 bits per heavy atom. The molecular formula is C9H17N3OS. The summed E-state index contributed by atoms with van der Waals surface area (Å²) in [6, 6.07) is 0. The summed E-state index contributed by atoms with van der Waals surface area (Å²) in [5, 5.41) is 10.5. The predicted molar refractivity (Wildman–Crippen MR) is 60.7 cm³/mol. The minimum Gasteiger partial charge on any atom is -0.395 e. The number of hydrogen-bond donors (Lipinski definition) is 2. The zero-order chi connectivity index (χ0) is 10.4. The highest BCUT2D eigenvalue weighted by Gasteiger charge is 2.08. The highest BCUT2D eigenvalue weighted by Crippen LogP contribution is 2.23. The second-order valence-electron chi connectivity index (χ2n) is 3.11. The first kappa shape index (κ1) is 11.3. The molecule has 1 aromatic rings. The van der Waals surface area contributed by atoms with Gasteiger partial charge in [0.25, 0.3) is 0 Å². The molecule has 80 valence electrons. The van der Waals surface area contributed by atoms with Gasteiger partial charge in [-0.1, -0.05) is 24.7 Å². The number of thiazole rings is 1. The van der Waals surface area contributed by atoms with E-state index in [-0.39, 0.29) is 6.61 Å². The van der Waals surface area contributed by atoms with Gasteiger partial charge in [0.15, 0.2) is 5.13 Å². The Labute approximate surface area is 88.4 Å². The highest BCUT2D eigenvalue weighted by molar-refractivity contribution is 7.19. The van der Waals surface area contributed by atoms with Gasteiger partial charge in [0.2, 0.25) is 0 Å². The van der Waals surface area contributed by atoms with Crippen molar-refractivity contribution >= 4 is 21.5 Å². The van der Waals surface area contributed by atoms with Crippen LogP contribution < -0.4 is 10.6 Å². The molecule has 0 unspecified atom stereocenters. The van der Waals surface area contributed by atoms with Gasteiger partial charge in [0.1, 0.15) is 5.00 Å². The van der Waals surface area contributed by atoms with E-state index in [2.05, 4.69) is 16.8 Å². The van der Waals surface area contributed by atoms with Crippen molar-refractivity contribution in [3.63, 3.8) is 0 Å². The van der Waals surface area contributed by atoms with Gasteiger partial charge < -0.3 is 15.7 Å². The van der Waals surface area contributed by atoms with Gasteiger partial charge in [0, 0.05) is 13.1 Å². The van der Waals surface area contributed by atoms with E-state index < -0.39 is 0 Å². The van der Waals surface area contributed by atoms with Crippen LogP contribution in [-0.4, -0.2) is 29.8 Å².